The Kier molecular flexibility index (Phi) is 3.43. The van der Waals surface area contributed by atoms with Crippen LogP contribution >= 0.6 is 11.6 Å². The van der Waals surface area contributed by atoms with Crippen LogP contribution in [0.25, 0.3) is 0 Å². The van der Waals surface area contributed by atoms with E-state index in [0.717, 1.165) is 13.1 Å². The van der Waals surface area contributed by atoms with E-state index in [4.69, 9.17) is 11.6 Å². The van der Waals surface area contributed by atoms with Crippen molar-refractivity contribution in [2.75, 3.05) is 18.0 Å². The molecular weight excluding hydrogens is 234 g/mol. The molecule has 1 aliphatic rings. The molecule has 92 valence electrons. The van der Waals surface area contributed by atoms with Gasteiger partial charge in [-0.05, 0) is 54.1 Å². The minimum atomic E-state index is -0.392. The first-order chi connectivity index (χ1) is 7.98. The zero-order chi connectivity index (χ0) is 12.5. The maximum absolute atomic E-state index is 11.0. The molecule has 0 spiro atoms. The van der Waals surface area contributed by atoms with Crippen LogP contribution in [0.3, 0.4) is 0 Å². The van der Waals surface area contributed by atoms with Crippen molar-refractivity contribution in [3.05, 3.63) is 29.8 Å². The highest BCUT2D eigenvalue weighted by Gasteiger charge is 2.25. The van der Waals surface area contributed by atoms with Crippen molar-refractivity contribution in [1.82, 2.24) is 0 Å². The van der Waals surface area contributed by atoms with E-state index in [-0.39, 0.29) is 0 Å². The highest BCUT2D eigenvalue weighted by Crippen LogP contribution is 2.32. The van der Waals surface area contributed by atoms with Crippen LogP contribution in [-0.2, 0) is 0 Å². The molecule has 0 saturated carbocycles. The number of piperidine rings is 1. The largest absolute Gasteiger partial charge is 0.371 e. The van der Waals surface area contributed by atoms with Crippen LogP contribution in [0, 0.1) is 5.41 Å². The molecular formula is C14H18ClNO. The van der Waals surface area contributed by atoms with Crippen LogP contribution < -0.4 is 4.90 Å². The van der Waals surface area contributed by atoms with Crippen molar-refractivity contribution in [1.29, 1.82) is 0 Å². The summed E-state index contributed by atoms with van der Waals surface area (Å²) in [5.41, 5.74) is 2.21. The quantitative estimate of drug-likeness (QED) is 0.747. The zero-order valence-electron chi connectivity index (χ0n) is 10.4. The predicted molar refractivity (Wildman–Crippen MR) is 71.9 cm³/mol. The van der Waals surface area contributed by atoms with Crippen LogP contribution in [0.4, 0.5) is 5.69 Å². The van der Waals surface area contributed by atoms with Crippen molar-refractivity contribution >= 4 is 22.5 Å². The lowest BCUT2D eigenvalue weighted by Crippen LogP contribution is -2.37. The molecule has 0 bridgehead atoms. The standard InChI is InChI=1S/C14H18ClNO/c1-14(2)7-9-16(10-8-14)12-5-3-11(4-6-12)13(15)17/h3-6H,7-10H2,1-2H3. The number of carbonyl (C=O) groups excluding carboxylic acids is 1. The van der Waals surface area contributed by atoms with Gasteiger partial charge in [0.15, 0.2) is 0 Å². The summed E-state index contributed by atoms with van der Waals surface area (Å²) in [5.74, 6) is 0. The molecule has 2 rings (SSSR count). The average molecular weight is 252 g/mol. The van der Waals surface area contributed by atoms with Gasteiger partial charge in [0.25, 0.3) is 5.24 Å². The van der Waals surface area contributed by atoms with Gasteiger partial charge in [-0.3, -0.25) is 4.79 Å². The van der Waals surface area contributed by atoms with Crippen molar-refractivity contribution in [2.24, 2.45) is 5.41 Å². The molecule has 0 unspecified atom stereocenters. The van der Waals surface area contributed by atoms with Crippen LogP contribution in [0.1, 0.15) is 37.0 Å². The molecule has 0 atom stereocenters. The molecule has 17 heavy (non-hydrogen) atoms. The Balaban J connectivity index is 2.06. The summed E-state index contributed by atoms with van der Waals surface area (Å²) >= 11 is 5.43. The second-order valence-electron chi connectivity index (χ2n) is 5.47. The smallest absolute Gasteiger partial charge is 0.252 e. The molecule has 1 aromatic rings. The van der Waals surface area contributed by atoms with E-state index in [1.54, 1.807) is 12.1 Å². The molecule has 0 aliphatic carbocycles. The van der Waals surface area contributed by atoms with Gasteiger partial charge in [0.05, 0.1) is 0 Å². The van der Waals surface area contributed by atoms with Crippen molar-refractivity contribution in [3.8, 4) is 0 Å². The van der Waals surface area contributed by atoms with E-state index in [2.05, 4.69) is 18.7 Å². The Morgan fingerprint density at radius 3 is 2.18 bits per heavy atom. The Morgan fingerprint density at radius 2 is 1.71 bits per heavy atom. The number of carbonyl (C=O) groups is 1. The minimum Gasteiger partial charge on any atom is -0.371 e. The first-order valence-electron chi connectivity index (χ1n) is 6.03. The summed E-state index contributed by atoms with van der Waals surface area (Å²) in [5, 5.41) is -0.392. The number of hydrogen-bond acceptors (Lipinski definition) is 2. The molecule has 2 nitrogen and oxygen atoms in total. The van der Waals surface area contributed by atoms with Crippen LogP contribution in [0.5, 0.6) is 0 Å². The molecule has 1 aromatic carbocycles. The summed E-state index contributed by atoms with van der Waals surface area (Å²) in [6.07, 6.45) is 2.42. The summed E-state index contributed by atoms with van der Waals surface area (Å²) in [6, 6.07) is 7.55. The molecule has 0 N–H and O–H groups in total. The van der Waals surface area contributed by atoms with E-state index < -0.39 is 5.24 Å². The SMILES string of the molecule is CC1(C)CCN(c2ccc(C(=O)Cl)cc2)CC1. The predicted octanol–water partition coefficient (Wildman–Crippen LogP) is 3.69. The second-order valence-corrected chi connectivity index (χ2v) is 5.82. The fraction of sp³-hybridized carbons (Fsp3) is 0.500. The van der Waals surface area contributed by atoms with Gasteiger partial charge in [-0.25, -0.2) is 0 Å². The Hall–Kier alpha value is -1.02. The average Bonchev–Trinajstić information content (AvgIpc) is 2.29. The van der Waals surface area contributed by atoms with Crippen molar-refractivity contribution < 1.29 is 4.79 Å². The molecule has 0 radical (unpaired) electrons. The zero-order valence-corrected chi connectivity index (χ0v) is 11.1. The number of hydrogen-bond donors (Lipinski definition) is 0. The fourth-order valence-corrected chi connectivity index (χ4v) is 2.30. The first-order valence-corrected chi connectivity index (χ1v) is 6.41. The van der Waals surface area contributed by atoms with E-state index in [9.17, 15) is 4.79 Å². The van der Waals surface area contributed by atoms with Gasteiger partial charge in [-0.2, -0.15) is 0 Å². The minimum absolute atomic E-state index is 0.392. The lowest BCUT2D eigenvalue weighted by atomic mass is 9.82. The third-order valence-electron chi connectivity index (χ3n) is 3.58. The maximum Gasteiger partial charge on any atom is 0.252 e. The van der Waals surface area contributed by atoms with Gasteiger partial charge in [-0.1, -0.05) is 13.8 Å². The monoisotopic (exact) mass is 251 g/mol. The van der Waals surface area contributed by atoms with E-state index >= 15 is 0 Å². The molecule has 1 aliphatic heterocycles. The number of benzene rings is 1. The van der Waals surface area contributed by atoms with Gasteiger partial charge in [0, 0.05) is 24.3 Å². The Morgan fingerprint density at radius 1 is 1.18 bits per heavy atom. The number of rotatable bonds is 2. The van der Waals surface area contributed by atoms with E-state index in [1.165, 1.54) is 18.5 Å². The topological polar surface area (TPSA) is 20.3 Å². The molecule has 0 aromatic heterocycles. The molecule has 1 heterocycles. The summed E-state index contributed by atoms with van der Waals surface area (Å²) < 4.78 is 0. The highest BCUT2D eigenvalue weighted by atomic mass is 35.5. The molecule has 1 fully saturated rings. The Labute approximate surface area is 108 Å². The third-order valence-corrected chi connectivity index (χ3v) is 3.79. The summed E-state index contributed by atoms with van der Waals surface area (Å²) in [7, 11) is 0. The highest BCUT2D eigenvalue weighted by molar-refractivity contribution is 6.67. The molecule has 1 saturated heterocycles. The van der Waals surface area contributed by atoms with Crippen molar-refractivity contribution in [3.63, 3.8) is 0 Å². The summed E-state index contributed by atoms with van der Waals surface area (Å²) in [6.45, 7) is 6.81. The van der Waals surface area contributed by atoms with Gasteiger partial charge in [-0.15, -0.1) is 0 Å². The van der Waals surface area contributed by atoms with Gasteiger partial charge < -0.3 is 4.90 Å². The van der Waals surface area contributed by atoms with Gasteiger partial charge >= 0.3 is 0 Å². The number of halogens is 1. The lowest BCUT2D eigenvalue weighted by Gasteiger charge is -2.38. The normalized spacial score (nSPS) is 19.1. The summed E-state index contributed by atoms with van der Waals surface area (Å²) in [4.78, 5) is 13.3. The fourth-order valence-electron chi connectivity index (χ4n) is 2.17. The second kappa shape index (κ2) is 4.69. The van der Waals surface area contributed by atoms with Crippen LogP contribution in [-0.4, -0.2) is 18.3 Å². The van der Waals surface area contributed by atoms with Crippen LogP contribution in [0.15, 0.2) is 24.3 Å². The van der Waals surface area contributed by atoms with Gasteiger partial charge in [0.1, 0.15) is 0 Å². The lowest BCUT2D eigenvalue weighted by molar-refractivity contribution is 0.108. The van der Waals surface area contributed by atoms with Crippen molar-refractivity contribution in [2.45, 2.75) is 26.7 Å². The first kappa shape index (κ1) is 12.4. The maximum atomic E-state index is 11.0. The molecule has 0 amide bonds. The van der Waals surface area contributed by atoms with Gasteiger partial charge in [0.2, 0.25) is 0 Å². The van der Waals surface area contributed by atoms with E-state index in [0.29, 0.717) is 11.0 Å². The van der Waals surface area contributed by atoms with Crippen LogP contribution in [0.2, 0.25) is 0 Å². The number of anilines is 1. The Bertz CT molecular complexity index is 401. The third kappa shape index (κ3) is 3.01. The molecule has 3 heteroatoms. The van der Waals surface area contributed by atoms with E-state index in [1.807, 2.05) is 12.1 Å². The number of nitrogens with zero attached hydrogens (tertiary/aromatic N) is 1.